The van der Waals surface area contributed by atoms with Gasteiger partial charge < -0.3 is 5.11 Å². The Labute approximate surface area is 105 Å². The maximum Gasteiger partial charge on any atom is 0.317 e. The van der Waals surface area contributed by atoms with Crippen molar-refractivity contribution in [2.45, 2.75) is 32.1 Å². The number of Topliss-reactive ketones (excluding diaryl/α,β-unsaturated/α-hetero) is 1. The van der Waals surface area contributed by atoms with Crippen LogP contribution in [0.3, 0.4) is 0 Å². The number of ketones is 1. The van der Waals surface area contributed by atoms with Crippen LogP contribution in [-0.2, 0) is 16.0 Å². The minimum atomic E-state index is -1.31. The van der Waals surface area contributed by atoms with Crippen LogP contribution in [0.1, 0.15) is 31.2 Å². The third-order valence-electron chi connectivity index (χ3n) is 3.62. The summed E-state index contributed by atoms with van der Waals surface area (Å²) in [4.78, 5) is 23.4. The smallest absolute Gasteiger partial charge is 0.317 e. The molecule has 0 aliphatic heterocycles. The lowest BCUT2D eigenvalue weighted by Gasteiger charge is -2.31. The Morgan fingerprint density at radius 1 is 1.28 bits per heavy atom. The highest BCUT2D eigenvalue weighted by Gasteiger charge is 2.46. The van der Waals surface area contributed by atoms with E-state index in [0.717, 1.165) is 12.8 Å². The van der Waals surface area contributed by atoms with E-state index in [0.29, 0.717) is 18.4 Å². The zero-order chi connectivity index (χ0) is 13.2. The van der Waals surface area contributed by atoms with Crippen molar-refractivity contribution >= 4 is 11.8 Å². The fraction of sp³-hybridized carbons (Fsp3) is 0.429. The van der Waals surface area contributed by atoms with Gasteiger partial charge in [0, 0.05) is 6.42 Å². The zero-order valence-corrected chi connectivity index (χ0v) is 9.99. The number of rotatable bonds is 3. The topological polar surface area (TPSA) is 54.4 Å². The maximum absolute atomic E-state index is 12.8. The van der Waals surface area contributed by atoms with Crippen molar-refractivity contribution in [2.24, 2.45) is 5.41 Å². The number of carboxylic acids is 1. The summed E-state index contributed by atoms with van der Waals surface area (Å²) < 4.78 is 12.8. The second kappa shape index (κ2) is 4.88. The van der Waals surface area contributed by atoms with Gasteiger partial charge in [0.25, 0.3) is 0 Å². The van der Waals surface area contributed by atoms with Crippen LogP contribution in [0.25, 0.3) is 0 Å². The van der Waals surface area contributed by atoms with Crippen LogP contribution in [0.15, 0.2) is 24.3 Å². The highest BCUT2D eigenvalue weighted by Crippen LogP contribution is 2.36. The Balaban J connectivity index is 2.28. The Morgan fingerprint density at radius 2 is 1.94 bits per heavy atom. The average Bonchev–Trinajstić information content (AvgIpc) is 2.35. The molecule has 0 radical (unpaired) electrons. The molecule has 0 heterocycles. The molecule has 0 saturated heterocycles. The molecule has 18 heavy (non-hydrogen) atoms. The van der Waals surface area contributed by atoms with Crippen LogP contribution < -0.4 is 0 Å². The molecule has 1 saturated carbocycles. The fourth-order valence-electron chi connectivity index (χ4n) is 2.53. The molecule has 1 aromatic carbocycles. The summed E-state index contributed by atoms with van der Waals surface area (Å²) in [6.07, 6.45) is 2.37. The van der Waals surface area contributed by atoms with Gasteiger partial charge in [-0.15, -0.1) is 0 Å². The summed E-state index contributed by atoms with van der Waals surface area (Å²) in [6.45, 7) is 0. The summed E-state index contributed by atoms with van der Waals surface area (Å²) in [5, 5.41) is 9.38. The number of carbonyl (C=O) groups excluding carboxylic acids is 1. The largest absolute Gasteiger partial charge is 0.480 e. The maximum atomic E-state index is 12.8. The minimum Gasteiger partial charge on any atom is -0.480 e. The van der Waals surface area contributed by atoms with Crippen molar-refractivity contribution in [3.05, 3.63) is 35.6 Å². The average molecular weight is 250 g/mol. The number of benzene rings is 1. The standard InChI is InChI=1S/C14H15FO3/c15-11-6-4-10(5-7-11)9-14(13(17)18)8-2-1-3-12(14)16/h4-7H,1-3,8-9H2,(H,17,18). The first kappa shape index (κ1) is 12.7. The highest BCUT2D eigenvalue weighted by atomic mass is 19.1. The van der Waals surface area contributed by atoms with E-state index in [1.165, 1.54) is 12.1 Å². The van der Waals surface area contributed by atoms with E-state index in [-0.39, 0.29) is 18.0 Å². The van der Waals surface area contributed by atoms with E-state index in [9.17, 15) is 19.1 Å². The Bertz CT molecular complexity index is 466. The summed E-state index contributed by atoms with van der Waals surface area (Å²) in [7, 11) is 0. The molecule has 0 spiro atoms. The molecule has 1 aliphatic carbocycles. The molecule has 1 aromatic rings. The van der Waals surface area contributed by atoms with Crippen molar-refractivity contribution in [1.29, 1.82) is 0 Å². The van der Waals surface area contributed by atoms with Gasteiger partial charge in [-0.3, -0.25) is 9.59 Å². The minimum absolute atomic E-state index is 0.154. The van der Waals surface area contributed by atoms with Crippen LogP contribution in [0.4, 0.5) is 4.39 Å². The second-order valence-corrected chi connectivity index (χ2v) is 4.82. The molecular formula is C14H15FO3. The molecule has 1 unspecified atom stereocenters. The monoisotopic (exact) mass is 250 g/mol. The first-order chi connectivity index (χ1) is 8.54. The second-order valence-electron chi connectivity index (χ2n) is 4.82. The zero-order valence-electron chi connectivity index (χ0n) is 9.99. The number of hydrogen-bond donors (Lipinski definition) is 1. The highest BCUT2D eigenvalue weighted by molar-refractivity contribution is 6.03. The SMILES string of the molecule is O=C(O)C1(Cc2ccc(F)cc2)CCCCC1=O. The lowest BCUT2D eigenvalue weighted by molar-refractivity contribution is -0.157. The first-order valence-corrected chi connectivity index (χ1v) is 6.06. The van der Waals surface area contributed by atoms with E-state index in [4.69, 9.17) is 0 Å². The Hall–Kier alpha value is -1.71. The van der Waals surface area contributed by atoms with E-state index >= 15 is 0 Å². The quantitative estimate of drug-likeness (QED) is 0.839. The third-order valence-corrected chi connectivity index (χ3v) is 3.62. The molecule has 1 fully saturated rings. The van der Waals surface area contributed by atoms with Gasteiger partial charge in [-0.25, -0.2) is 4.39 Å². The normalized spacial score (nSPS) is 23.9. The summed E-state index contributed by atoms with van der Waals surface area (Å²) >= 11 is 0. The van der Waals surface area contributed by atoms with Gasteiger partial charge in [0.05, 0.1) is 0 Å². The third kappa shape index (κ3) is 2.28. The number of aliphatic carboxylic acids is 1. The molecule has 1 atom stereocenters. The van der Waals surface area contributed by atoms with Crippen molar-refractivity contribution in [1.82, 2.24) is 0 Å². The molecule has 0 amide bonds. The van der Waals surface area contributed by atoms with Crippen molar-refractivity contribution in [3.8, 4) is 0 Å². The van der Waals surface area contributed by atoms with Crippen LogP contribution in [0.5, 0.6) is 0 Å². The molecule has 2 rings (SSSR count). The number of carboxylic acid groups (broad SMARTS) is 1. The molecule has 3 nitrogen and oxygen atoms in total. The van der Waals surface area contributed by atoms with E-state index in [1.54, 1.807) is 12.1 Å². The van der Waals surface area contributed by atoms with Gasteiger partial charge in [-0.2, -0.15) is 0 Å². The number of halogens is 1. The van der Waals surface area contributed by atoms with Gasteiger partial charge >= 0.3 is 5.97 Å². The van der Waals surface area contributed by atoms with Crippen molar-refractivity contribution in [3.63, 3.8) is 0 Å². The van der Waals surface area contributed by atoms with E-state index in [1.807, 2.05) is 0 Å². The van der Waals surface area contributed by atoms with Crippen LogP contribution >= 0.6 is 0 Å². The van der Waals surface area contributed by atoms with Crippen LogP contribution in [-0.4, -0.2) is 16.9 Å². The molecule has 1 aliphatic rings. The van der Waals surface area contributed by atoms with Gasteiger partial charge in [-0.05, 0) is 37.0 Å². The lowest BCUT2D eigenvalue weighted by Crippen LogP contribution is -2.43. The van der Waals surface area contributed by atoms with Crippen molar-refractivity contribution in [2.75, 3.05) is 0 Å². The summed E-state index contributed by atoms with van der Waals surface area (Å²) in [5.41, 5.74) is -0.621. The predicted octanol–water partition coefficient (Wildman–Crippen LogP) is 2.58. The van der Waals surface area contributed by atoms with Crippen LogP contribution in [0, 0.1) is 11.2 Å². The molecular weight excluding hydrogens is 235 g/mol. The Morgan fingerprint density at radius 3 is 2.50 bits per heavy atom. The summed E-state index contributed by atoms with van der Waals surface area (Å²) in [6, 6.07) is 5.67. The molecule has 0 bridgehead atoms. The number of carbonyl (C=O) groups is 2. The number of hydrogen-bond acceptors (Lipinski definition) is 2. The van der Waals surface area contributed by atoms with Crippen LogP contribution in [0.2, 0.25) is 0 Å². The van der Waals surface area contributed by atoms with Crippen molar-refractivity contribution < 1.29 is 19.1 Å². The predicted molar refractivity (Wildman–Crippen MR) is 63.6 cm³/mol. The summed E-state index contributed by atoms with van der Waals surface area (Å²) in [5.74, 6) is -1.62. The van der Waals surface area contributed by atoms with Gasteiger partial charge in [-0.1, -0.05) is 18.6 Å². The van der Waals surface area contributed by atoms with Gasteiger partial charge in [0.1, 0.15) is 11.2 Å². The molecule has 0 aromatic heterocycles. The lowest BCUT2D eigenvalue weighted by atomic mass is 9.69. The van der Waals surface area contributed by atoms with E-state index < -0.39 is 11.4 Å². The first-order valence-electron chi connectivity index (χ1n) is 6.06. The fourth-order valence-corrected chi connectivity index (χ4v) is 2.53. The van der Waals surface area contributed by atoms with E-state index in [2.05, 4.69) is 0 Å². The molecule has 4 heteroatoms. The van der Waals surface area contributed by atoms with Gasteiger partial charge in [0.2, 0.25) is 0 Å². The Kier molecular flexibility index (Phi) is 3.45. The molecule has 1 N–H and O–H groups in total. The van der Waals surface area contributed by atoms with Gasteiger partial charge in [0.15, 0.2) is 5.78 Å². The molecule has 96 valence electrons.